The summed E-state index contributed by atoms with van der Waals surface area (Å²) in [5.74, 6) is 1.99. The second kappa shape index (κ2) is 8.56. The monoisotopic (exact) mass is 356 g/mol. The molecule has 0 bridgehead atoms. The van der Waals surface area contributed by atoms with Gasteiger partial charge in [0.15, 0.2) is 5.96 Å². The van der Waals surface area contributed by atoms with Gasteiger partial charge in [0.25, 0.3) is 0 Å². The topological polar surface area (TPSA) is 96.6 Å². The molecule has 1 unspecified atom stereocenters. The van der Waals surface area contributed by atoms with Crippen LogP contribution in [0.25, 0.3) is 0 Å². The predicted molar refractivity (Wildman–Crippen MR) is 96.1 cm³/mol. The first-order valence-electron chi connectivity index (χ1n) is 7.74. The molecule has 0 radical (unpaired) electrons. The summed E-state index contributed by atoms with van der Waals surface area (Å²) < 4.78 is 22.8. The van der Waals surface area contributed by atoms with Crippen molar-refractivity contribution < 1.29 is 8.42 Å². The first-order chi connectivity index (χ1) is 11.0. The molecule has 1 atom stereocenters. The Morgan fingerprint density at radius 2 is 2.26 bits per heavy atom. The van der Waals surface area contributed by atoms with Crippen LogP contribution in [-0.2, 0) is 16.6 Å². The van der Waals surface area contributed by atoms with Gasteiger partial charge in [0.1, 0.15) is 0 Å². The van der Waals surface area contributed by atoms with Crippen LogP contribution in [0.15, 0.2) is 34.2 Å². The molecule has 1 aliphatic rings. The second-order valence-electron chi connectivity index (χ2n) is 5.40. The van der Waals surface area contributed by atoms with Crippen molar-refractivity contribution in [2.75, 3.05) is 18.8 Å². The molecule has 128 valence electrons. The van der Waals surface area contributed by atoms with Crippen molar-refractivity contribution in [1.82, 2.24) is 10.6 Å². The van der Waals surface area contributed by atoms with E-state index < -0.39 is 10.0 Å². The molecular weight excluding hydrogens is 332 g/mol. The summed E-state index contributed by atoms with van der Waals surface area (Å²) >= 11 is 2.00. The maximum absolute atomic E-state index is 11.4. The summed E-state index contributed by atoms with van der Waals surface area (Å²) in [4.78, 5) is 4.63. The van der Waals surface area contributed by atoms with E-state index in [9.17, 15) is 8.42 Å². The number of sulfonamides is 1. The van der Waals surface area contributed by atoms with E-state index in [0.29, 0.717) is 11.8 Å². The molecule has 0 amide bonds. The lowest BCUT2D eigenvalue weighted by molar-refractivity contribution is 0.597. The molecule has 0 saturated carbocycles. The van der Waals surface area contributed by atoms with Crippen molar-refractivity contribution in [1.29, 1.82) is 0 Å². The minimum absolute atomic E-state index is 0.116. The minimum atomic E-state index is -3.68. The third-order valence-corrected chi connectivity index (χ3v) is 5.82. The van der Waals surface area contributed by atoms with Gasteiger partial charge in [0.2, 0.25) is 10.0 Å². The molecule has 0 aliphatic carbocycles. The Bertz CT molecular complexity index is 641. The average molecular weight is 357 g/mol. The maximum atomic E-state index is 11.4. The molecule has 4 N–H and O–H groups in total. The quantitative estimate of drug-likeness (QED) is 0.527. The molecular formula is C15H24N4O2S2. The molecule has 0 aromatic heterocycles. The van der Waals surface area contributed by atoms with Gasteiger partial charge in [-0.05, 0) is 43.2 Å². The van der Waals surface area contributed by atoms with Crippen LogP contribution in [0.1, 0.15) is 25.3 Å². The fourth-order valence-corrected chi connectivity index (χ4v) is 4.13. The first-order valence-corrected chi connectivity index (χ1v) is 10.3. The van der Waals surface area contributed by atoms with E-state index in [1.807, 2.05) is 24.8 Å². The number of rotatable bonds is 6. The number of hydrogen-bond donors (Lipinski definition) is 3. The van der Waals surface area contributed by atoms with Gasteiger partial charge in [-0.2, -0.15) is 11.8 Å². The van der Waals surface area contributed by atoms with Gasteiger partial charge >= 0.3 is 0 Å². The Labute approximate surface area is 142 Å². The molecule has 6 nitrogen and oxygen atoms in total. The van der Waals surface area contributed by atoms with Crippen molar-refractivity contribution in [2.45, 2.75) is 36.5 Å². The van der Waals surface area contributed by atoms with E-state index in [-0.39, 0.29) is 4.90 Å². The molecule has 8 heteroatoms. The molecule has 23 heavy (non-hydrogen) atoms. The van der Waals surface area contributed by atoms with E-state index in [2.05, 4.69) is 15.6 Å². The zero-order valence-corrected chi connectivity index (χ0v) is 14.9. The van der Waals surface area contributed by atoms with E-state index in [1.165, 1.54) is 24.7 Å². The Hall–Kier alpha value is -1.25. The SMILES string of the molecule is CCNC(=NCc1cccc(S(N)(=O)=O)c1)NCC1CCCS1. The highest BCUT2D eigenvalue weighted by atomic mass is 32.2. The van der Waals surface area contributed by atoms with Crippen molar-refractivity contribution in [3.8, 4) is 0 Å². The number of nitrogens with zero attached hydrogens (tertiary/aromatic N) is 1. The Balaban J connectivity index is 1.99. The highest BCUT2D eigenvalue weighted by Crippen LogP contribution is 2.25. The first kappa shape index (κ1) is 18.1. The van der Waals surface area contributed by atoms with Gasteiger partial charge in [-0.15, -0.1) is 0 Å². The largest absolute Gasteiger partial charge is 0.357 e. The molecule has 1 aliphatic heterocycles. The summed E-state index contributed by atoms with van der Waals surface area (Å²) in [6.45, 7) is 4.09. The lowest BCUT2D eigenvalue weighted by Crippen LogP contribution is -2.40. The van der Waals surface area contributed by atoms with Crippen LogP contribution in [0.5, 0.6) is 0 Å². The lowest BCUT2D eigenvalue weighted by Gasteiger charge is -2.14. The van der Waals surface area contributed by atoms with E-state index >= 15 is 0 Å². The van der Waals surface area contributed by atoms with Crippen molar-refractivity contribution in [2.24, 2.45) is 10.1 Å². The number of aliphatic imine (C=N–C) groups is 1. The fraction of sp³-hybridized carbons (Fsp3) is 0.533. The van der Waals surface area contributed by atoms with Crippen LogP contribution in [-0.4, -0.2) is 38.5 Å². The zero-order valence-electron chi connectivity index (χ0n) is 13.3. The van der Waals surface area contributed by atoms with Crippen LogP contribution in [0.4, 0.5) is 0 Å². The van der Waals surface area contributed by atoms with Gasteiger partial charge in [-0.25, -0.2) is 18.5 Å². The van der Waals surface area contributed by atoms with Crippen LogP contribution in [0.2, 0.25) is 0 Å². The molecule has 1 aromatic rings. The summed E-state index contributed by atoms with van der Waals surface area (Å²) in [5.41, 5.74) is 0.809. The smallest absolute Gasteiger partial charge is 0.238 e. The van der Waals surface area contributed by atoms with Crippen LogP contribution in [0, 0.1) is 0 Å². The number of nitrogens with two attached hydrogens (primary N) is 1. The molecule has 1 saturated heterocycles. The standard InChI is InChI=1S/C15H24N4O2S2/c1-2-17-15(19-11-13-6-4-8-22-13)18-10-12-5-3-7-14(9-12)23(16,20)21/h3,5,7,9,13H,2,4,6,8,10-11H2,1H3,(H2,16,20,21)(H2,17,18,19). The summed E-state index contributed by atoms with van der Waals surface area (Å²) in [5, 5.41) is 12.4. The van der Waals surface area contributed by atoms with E-state index in [0.717, 1.165) is 24.6 Å². The highest BCUT2D eigenvalue weighted by molar-refractivity contribution is 8.00. The number of guanidine groups is 1. The molecule has 2 rings (SSSR count). The van der Waals surface area contributed by atoms with Crippen LogP contribution in [0.3, 0.4) is 0 Å². The average Bonchev–Trinajstić information content (AvgIpc) is 3.03. The minimum Gasteiger partial charge on any atom is -0.357 e. The third kappa shape index (κ3) is 6.04. The number of primary sulfonamides is 1. The van der Waals surface area contributed by atoms with Gasteiger partial charge in [-0.1, -0.05) is 12.1 Å². The van der Waals surface area contributed by atoms with Crippen molar-refractivity contribution in [3.05, 3.63) is 29.8 Å². The third-order valence-electron chi connectivity index (χ3n) is 3.51. The van der Waals surface area contributed by atoms with Gasteiger partial charge in [0.05, 0.1) is 11.4 Å². The Morgan fingerprint density at radius 3 is 2.91 bits per heavy atom. The van der Waals surface area contributed by atoms with E-state index in [1.54, 1.807) is 12.1 Å². The summed E-state index contributed by atoms with van der Waals surface area (Å²) in [6.07, 6.45) is 2.53. The number of hydrogen-bond acceptors (Lipinski definition) is 4. The Kier molecular flexibility index (Phi) is 6.73. The van der Waals surface area contributed by atoms with Gasteiger partial charge < -0.3 is 10.6 Å². The molecule has 1 aromatic carbocycles. The van der Waals surface area contributed by atoms with E-state index in [4.69, 9.17) is 5.14 Å². The van der Waals surface area contributed by atoms with Crippen molar-refractivity contribution >= 4 is 27.7 Å². The molecule has 0 spiro atoms. The number of thioether (sulfide) groups is 1. The number of benzene rings is 1. The predicted octanol–water partition coefficient (Wildman–Crippen LogP) is 1.28. The number of nitrogens with one attached hydrogen (secondary N) is 2. The van der Waals surface area contributed by atoms with Crippen LogP contribution >= 0.6 is 11.8 Å². The normalized spacial score (nSPS) is 18.9. The zero-order chi connectivity index (χ0) is 16.7. The van der Waals surface area contributed by atoms with Gasteiger partial charge in [0, 0.05) is 18.3 Å². The summed E-state index contributed by atoms with van der Waals surface area (Å²) in [7, 11) is -3.68. The summed E-state index contributed by atoms with van der Waals surface area (Å²) in [6, 6.07) is 6.58. The molecule has 1 fully saturated rings. The van der Waals surface area contributed by atoms with Gasteiger partial charge in [-0.3, -0.25) is 0 Å². The fourth-order valence-electron chi connectivity index (χ4n) is 2.35. The lowest BCUT2D eigenvalue weighted by atomic mass is 10.2. The Morgan fingerprint density at radius 1 is 1.43 bits per heavy atom. The van der Waals surface area contributed by atoms with Crippen molar-refractivity contribution in [3.63, 3.8) is 0 Å². The van der Waals surface area contributed by atoms with Crippen LogP contribution < -0.4 is 15.8 Å². The second-order valence-corrected chi connectivity index (χ2v) is 8.37. The molecule has 1 heterocycles. The maximum Gasteiger partial charge on any atom is 0.238 e. The highest BCUT2D eigenvalue weighted by Gasteiger charge is 2.15.